The van der Waals surface area contributed by atoms with Crippen molar-refractivity contribution in [3.8, 4) is 22.8 Å². The Hall–Kier alpha value is -4.34. The van der Waals surface area contributed by atoms with Crippen molar-refractivity contribution in [2.75, 3.05) is 7.11 Å². The molecule has 0 aliphatic carbocycles. The predicted octanol–water partition coefficient (Wildman–Crippen LogP) is 2.08. The van der Waals surface area contributed by atoms with Crippen LogP contribution < -0.4 is 10.3 Å². The number of hydrogen-bond acceptors (Lipinski definition) is 8. The van der Waals surface area contributed by atoms with Crippen LogP contribution in [0, 0.1) is 0 Å². The average molecular weight is 401 g/mol. The zero-order valence-corrected chi connectivity index (χ0v) is 15.8. The number of methoxy groups -OCH3 is 1. The van der Waals surface area contributed by atoms with Crippen LogP contribution in [0.15, 0.2) is 70.2 Å². The smallest absolute Gasteiger partial charge is 0.284 e. The van der Waals surface area contributed by atoms with Gasteiger partial charge in [0.2, 0.25) is 11.7 Å². The van der Waals surface area contributed by atoms with Gasteiger partial charge in [-0.25, -0.2) is 4.98 Å². The van der Waals surface area contributed by atoms with Crippen LogP contribution in [0.1, 0.15) is 5.89 Å². The zero-order chi connectivity index (χ0) is 20.5. The average Bonchev–Trinajstić information content (AvgIpc) is 3.44. The first-order valence-electron chi connectivity index (χ1n) is 9.06. The van der Waals surface area contributed by atoms with Crippen LogP contribution in [0.25, 0.3) is 28.2 Å². The van der Waals surface area contributed by atoms with E-state index < -0.39 is 0 Å². The Morgan fingerprint density at radius 2 is 1.87 bits per heavy atom. The van der Waals surface area contributed by atoms with Crippen molar-refractivity contribution in [3.63, 3.8) is 0 Å². The van der Waals surface area contributed by atoms with E-state index in [0.717, 1.165) is 5.56 Å². The third-order valence-electron chi connectivity index (χ3n) is 4.55. The van der Waals surface area contributed by atoms with Gasteiger partial charge in [0.05, 0.1) is 12.8 Å². The molecular formula is C20H15N7O3. The van der Waals surface area contributed by atoms with E-state index >= 15 is 0 Å². The van der Waals surface area contributed by atoms with Crippen LogP contribution in [-0.4, -0.2) is 41.8 Å². The van der Waals surface area contributed by atoms with Crippen molar-refractivity contribution in [3.05, 3.63) is 77.2 Å². The SMILES string of the molecule is COc1ccc(-n2nnc3c(=O)n(Cc4nc(-c5ccccc5)no4)cnc32)cc1. The first kappa shape index (κ1) is 17.7. The molecule has 3 aromatic heterocycles. The Bertz CT molecular complexity index is 1370. The standard InChI is InChI=1S/C20H15N7O3/c1-29-15-9-7-14(8-10-15)27-19-17(23-25-27)20(28)26(12-21-19)11-16-22-18(24-30-16)13-5-3-2-4-6-13/h2-10,12H,11H2,1H3. The second kappa shape index (κ2) is 7.24. The lowest BCUT2D eigenvalue weighted by atomic mass is 10.2. The molecule has 148 valence electrons. The van der Waals surface area contributed by atoms with E-state index in [1.54, 1.807) is 19.2 Å². The number of hydrogen-bond donors (Lipinski definition) is 0. The monoisotopic (exact) mass is 401 g/mol. The molecule has 0 spiro atoms. The van der Waals surface area contributed by atoms with Gasteiger partial charge in [0.25, 0.3) is 5.56 Å². The third kappa shape index (κ3) is 3.09. The first-order chi connectivity index (χ1) is 14.7. The van der Waals surface area contributed by atoms with E-state index in [1.807, 2.05) is 42.5 Å². The highest BCUT2D eigenvalue weighted by atomic mass is 16.5. The van der Waals surface area contributed by atoms with Crippen LogP contribution >= 0.6 is 0 Å². The fraction of sp³-hybridized carbons (Fsp3) is 0.100. The fourth-order valence-electron chi connectivity index (χ4n) is 3.02. The Morgan fingerprint density at radius 3 is 2.63 bits per heavy atom. The van der Waals surface area contributed by atoms with Crippen molar-refractivity contribution in [2.24, 2.45) is 0 Å². The summed E-state index contributed by atoms with van der Waals surface area (Å²) in [5, 5.41) is 12.1. The summed E-state index contributed by atoms with van der Waals surface area (Å²) >= 11 is 0. The van der Waals surface area contributed by atoms with Crippen molar-refractivity contribution < 1.29 is 9.26 Å². The van der Waals surface area contributed by atoms with E-state index in [-0.39, 0.29) is 17.6 Å². The molecule has 0 saturated carbocycles. The van der Waals surface area contributed by atoms with Crippen LogP contribution in [0.2, 0.25) is 0 Å². The first-order valence-corrected chi connectivity index (χ1v) is 9.06. The Morgan fingerprint density at radius 1 is 1.07 bits per heavy atom. The zero-order valence-electron chi connectivity index (χ0n) is 15.8. The number of benzene rings is 2. The Balaban J connectivity index is 1.46. The Labute approximate surface area is 169 Å². The normalized spacial score (nSPS) is 11.1. The maximum atomic E-state index is 12.9. The molecule has 10 nitrogen and oxygen atoms in total. The minimum absolute atomic E-state index is 0.0804. The molecule has 0 aliphatic heterocycles. The Kier molecular flexibility index (Phi) is 4.28. The van der Waals surface area contributed by atoms with Gasteiger partial charge in [-0.05, 0) is 24.3 Å². The summed E-state index contributed by atoms with van der Waals surface area (Å²) in [7, 11) is 1.59. The van der Waals surface area contributed by atoms with E-state index in [1.165, 1.54) is 15.6 Å². The largest absolute Gasteiger partial charge is 0.497 e. The summed E-state index contributed by atoms with van der Waals surface area (Å²) in [6.07, 6.45) is 1.42. The van der Waals surface area contributed by atoms with Gasteiger partial charge in [0, 0.05) is 5.56 Å². The lowest BCUT2D eigenvalue weighted by Gasteiger charge is -2.04. The highest BCUT2D eigenvalue weighted by molar-refractivity contribution is 5.70. The second-order valence-corrected chi connectivity index (χ2v) is 6.43. The molecule has 10 heteroatoms. The van der Waals surface area contributed by atoms with Crippen molar-refractivity contribution in [2.45, 2.75) is 6.54 Å². The van der Waals surface area contributed by atoms with Gasteiger partial charge < -0.3 is 9.26 Å². The van der Waals surface area contributed by atoms with Crippen molar-refractivity contribution >= 4 is 11.2 Å². The number of fused-ring (bicyclic) bond motifs is 1. The molecule has 30 heavy (non-hydrogen) atoms. The molecule has 0 bridgehead atoms. The van der Waals surface area contributed by atoms with Crippen LogP contribution in [0.4, 0.5) is 0 Å². The van der Waals surface area contributed by atoms with Gasteiger partial charge in [-0.1, -0.05) is 40.7 Å². The maximum absolute atomic E-state index is 12.9. The molecule has 3 heterocycles. The summed E-state index contributed by atoms with van der Waals surface area (Å²) in [4.78, 5) is 21.6. The van der Waals surface area contributed by atoms with E-state index in [9.17, 15) is 4.79 Å². The molecule has 0 aliphatic rings. The molecule has 0 atom stereocenters. The summed E-state index contributed by atoms with van der Waals surface area (Å²) in [6, 6.07) is 16.7. The lowest BCUT2D eigenvalue weighted by molar-refractivity contribution is 0.369. The van der Waals surface area contributed by atoms with Gasteiger partial charge in [0.1, 0.15) is 18.6 Å². The van der Waals surface area contributed by atoms with Crippen molar-refractivity contribution in [1.29, 1.82) is 0 Å². The number of nitrogens with zero attached hydrogens (tertiary/aromatic N) is 7. The number of rotatable bonds is 5. The van der Waals surface area contributed by atoms with Crippen molar-refractivity contribution in [1.82, 2.24) is 34.7 Å². The highest BCUT2D eigenvalue weighted by Crippen LogP contribution is 2.17. The predicted molar refractivity (Wildman–Crippen MR) is 106 cm³/mol. The fourth-order valence-corrected chi connectivity index (χ4v) is 3.02. The molecule has 0 amide bonds. The minimum Gasteiger partial charge on any atom is -0.497 e. The maximum Gasteiger partial charge on any atom is 0.284 e. The van der Waals surface area contributed by atoms with Gasteiger partial charge in [-0.3, -0.25) is 9.36 Å². The van der Waals surface area contributed by atoms with E-state index in [4.69, 9.17) is 9.26 Å². The number of ether oxygens (including phenoxy) is 1. The van der Waals surface area contributed by atoms with Gasteiger partial charge in [-0.2, -0.15) is 9.67 Å². The van der Waals surface area contributed by atoms with Gasteiger partial charge in [0.15, 0.2) is 11.2 Å². The second-order valence-electron chi connectivity index (χ2n) is 6.43. The quantitative estimate of drug-likeness (QED) is 0.440. The molecule has 5 rings (SSSR count). The van der Waals surface area contributed by atoms with Gasteiger partial charge in [-0.15, -0.1) is 5.10 Å². The molecule has 0 N–H and O–H groups in total. The van der Waals surface area contributed by atoms with Crippen LogP contribution in [0.3, 0.4) is 0 Å². The van der Waals surface area contributed by atoms with E-state index in [2.05, 4.69) is 25.4 Å². The topological polar surface area (TPSA) is 114 Å². The summed E-state index contributed by atoms with van der Waals surface area (Å²) in [5.41, 5.74) is 1.70. The third-order valence-corrected chi connectivity index (χ3v) is 4.55. The molecule has 5 aromatic rings. The van der Waals surface area contributed by atoms with Gasteiger partial charge >= 0.3 is 0 Å². The minimum atomic E-state index is -0.348. The molecule has 0 fully saturated rings. The molecular weight excluding hydrogens is 386 g/mol. The van der Waals surface area contributed by atoms with Crippen LogP contribution in [-0.2, 0) is 6.54 Å². The summed E-state index contributed by atoms with van der Waals surface area (Å²) in [5.74, 6) is 1.46. The molecule has 0 saturated heterocycles. The van der Waals surface area contributed by atoms with Crippen LogP contribution in [0.5, 0.6) is 5.75 Å². The lowest BCUT2D eigenvalue weighted by Crippen LogP contribution is -2.21. The molecule has 0 unspecified atom stereocenters. The molecule has 2 aromatic carbocycles. The number of aromatic nitrogens is 7. The highest BCUT2D eigenvalue weighted by Gasteiger charge is 2.15. The summed E-state index contributed by atoms with van der Waals surface area (Å²) < 4.78 is 13.3. The summed E-state index contributed by atoms with van der Waals surface area (Å²) in [6.45, 7) is 0.0804. The van der Waals surface area contributed by atoms with E-state index in [0.29, 0.717) is 28.8 Å². The molecule has 0 radical (unpaired) electrons.